The highest BCUT2D eigenvalue weighted by atomic mass is 32.2. The molecule has 0 aliphatic carbocycles. The summed E-state index contributed by atoms with van der Waals surface area (Å²) >= 11 is 0. The van der Waals surface area contributed by atoms with Gasteiger partial charge in [-0.3, -0.25) is 14.0 Å². The summed E-state index contributed by atoms with van der Waals surface area (Å²) in [5.41, 5.74) is 3.39. The third-order valence-corrected chi connectivity index (χ3v) is 9.11. The second-order valence-corrected chi connectivity index (χ2v) is 13.2. The quantitative estimate of drug-likeness (QED) is 0.466. The van der Waals surface area contributed by atoms with Crippen molar-refractivity contribution in [3.63, 3.8) is 0 Å². The normalized spacial score (nSPS) is 18.1. The van der Waals surface area contributed by atoms with E-state index in [0.717, 1.165) is 44.0 Å². The largest absolute Gasteiger partial charge is 0.476 e. The minimum atomic E-state index is -3.93. The number of benzene rings is 3. The van der Waals surface area contributed by atoms with Gasteiger partial charge in [-0.1, -0.05) is 69.3 Å². The highest BCUT2D eigenvalue weighted by Gasteiger charge is 2.38. The molecule has 1 fully saturated rings. The number of anilines is 1. The van der Waals surface area contributed by atoms with Crippen molar-refractivity contribution in [3.8, 4) is 5.75 Å². The van der Waals surface area contributed by atoms with Gasteiger partial charge in [-0.25, -0.2) is 8.42 Å². The summed E-state index contributed by atoms with van der Waals surface area (Å²) in [5.74, 6) is 0.00238. The van der Waals surface area contributed by atoms with Gasteiger partial charge < -0.3 is 14.8 Å². The molecule has 40 heavy (non-hydrogen) atoms. The minimum Gasteiger partial charge on any atom is -0.476 e. The molecule has 0 unspecified atom stereocenters. The van der Waals surface area contributed by atoms with Crippen LogP contribution < -0.4 is 14.4 Å². The molecule has 5 rings (SSSR count). The first kappa shape index (κ1) is 28.1. The van der Waals surface area contributed by atoms with Crippen molar-refractivity contribution < 1.29 is 22.7 Å². The Bertz CT molecular complexity index is 1430. The van der Waals surface area contributed by atoms with Crippen molar-refractivity contribution in [2.75, 3.05) is 37.2 Å². The number of nitrogens with one attached hydrogen (secondary N) is 1. The van der Waals surface area contributed by atoms with Crippen molar-refractivity contribution in [3.05, 3.63) is 89.5 Å². The molecule has 8 nitrogen and oxygen atoms in total. The molecule has 9 heteroatoms. The van der Waals surface area contributed by atoms with Gasteiger partial charge in [0.25, 0.3) is 15.9 Å². The molecule has 0 bridgehead atoms. The number of carbonyl (C=O) groups excluding carboxylic acids is 1. The lowest BCUT2D eigenvalue weighted by Crippen LogP contribution is -2.50. The highest BCUT2D eigenvalue weighted by molar-refractivity contribution is 7.92. The van der Waals surface area contributed by atoms with E-state index in [4.69, 9.17) is 9.47 Å². The number of morpholine rings is 1. The van der Waals surface area contributed by atoms with Crippen LogP contribution in [0, 0.1) is 0 Å². The average molecular weight is 564 g/mol. The van der Waals surface area contributed by atoms with Gasteiger partial charge in [-0.2, -0.15) is 0 Å². The molecule has 1 saturated heterocycles. The minimum absolute atomic E-state index is 0.123. The molecule has 2 aliphatic heterocycles. The summed E-state index contributed by atoms with van der Waals surface area (Å²) in [6.45, 7) is 10.7. The van der Waals surface area contributed by atoms with Crippen LogP contribution in [-0.2, 0) is 38.1 Å². The molecule has 1 N–H and O–H groups in total. The van der Waals surface area contributed by atoms with E-state index in [1.807, 2.05) is 24.3 Å². The van der Waals surface area contributed by atoms with Crippen LogP contribution in [0.25, 0.3) is 0 Å². The topological polar surface area (TPSA) is 88.2 Å². The predicted octanol–water partition coefficient (Wildman–Crippen LogP) is 4.09. The van der Waals surface area contributed by atoms with Crippen molar-refractivity contribution in [2.24, 2.45) is 0 Å². The zero-order valence-corrected chi connectivity index (χ0v) is 24.1. The predicted molar refractivity (Wildman–Crippen MR) is 155 cm³/mol. The summed E-state index contributed by atoms with van der Waals surface area (Å²) in [6.07, 6.45) is -0.993. The highest BCUT2D eigenvalue weighted by Crippen LogP contribution is 2.40. The molecule has 2 heterocycles. The fourth-order valence-electron chi connectivity index (χ4n) is 4.88. The summed E-state index contributed by atoms with van der Waals surface area (Å²) in [7, 11) is -3.93. The number of nitrogens with zero attached hydrogens (tertiary/aromatic N) is 2. The lowest BCUT2D eigenvalue weighted by atomic mass is 9.86. The Balaban J connectivity index is 1.32. The van der Waals surface area contributed by atoms with E-state index in [1.54, 1.807) is 36.4 Å². The number of ether oxygens (including phenoxy) is 2. The van der Waals surface area contributed by atoms with Crippen molar-refractivity contribution in [1.82, 2.24) is 10.2 Å². The van der Waals surface area contributed by atoms with Crippen LogP contribution in [0.4, 0.5) is 5.69 Å². The van der Waals surface area contributed by atoms with Crippen LogP contribution in [0.2, 0.25) is 0 Å². The van der Waals surface area contributed by atoms with Gasteiger partial charge in [0, 0.05) is 26.2 Å². The standard InChI is InChI=1S/C31H37N3O5S/c1-31(2,3)25-13-14-28-27(19-25)34(40(36,37)26-7-5-4-6-8-26)22-29(39-28)30(35)32-20-23-9-11-24(12-10-23)21-33-15-17-38-18-16-33/h4-14,19,29H,15-18,20-22H2,1-3H3,(H,32,35)/t29-/m1/s1. The van der Waals surface area contributed by atoms with Gasteiger partial charge in [0.2, 0.25) is 0 Å². The molecule has 1 amide bonds. The van der Waals surface area contributed by atoms with Gasteiger partial charge in [0.05, 0.1) is 30.3 Å². The van der Waals surface area contributed by atoms with Crippen molar-refractivity contribution in [1.29, 1.82) is 0 Å². The molecule has 0 aromatic heterocycles. The van der Waals surface area contributed by atoms with Crippen LogP contribution in [0.5, 0.6) is 5.75 Å². The van der Waals surface area contributed by atoms with E-state index in [-0.39, 0.29) is 22.8 Å². The maximum Gasteiger partial charge on any atom is 0.264 e. The molecule has 0 spiro atoms. The van der Waals surface area contributed by atoms with E-state index in [0.29, 0.717) is 18.0 Å². The van der Waals surface area contributed by atoms with Crippen LogP contribution in [0.3, 0.4) is 0 Å². The Morgan fingerprint density at radius 3 is 2.30 bits per heavy atom. The molecule has 0 saturated carbocycles. The van der Waals surface area contributed by atoms with E-state index in [2.05, 4.69) is 43.1 Å². The maximum atomic E-state index is 13.8. The monoisotopic (exact) mass is 563 g/mol. The number of amides is 1. The van der Waals surface area contributed by atoms with Gasteiger partial charge in [-0.05, 0) is 46.4 Å². The van der Waals surface area contributed by atoms with E-state index < -0.39 is 16.1 Å². The van der Waals surface area contributed by atoms with E-state index in [1.165, 1.54) is 9.87 Å². The molecular weight excluding hydrogens is 526 g/mol. The van der Waals surface area contributed by atoms with Crippen molar-refractivity contribution in [2.45, 2.75) is 50.3 Å². The molecule has 0 radical (unpaired) electrons. The smallest absolute Gasteiger partial charge is 0.264 e. The number of fused-ring (bicyclic) bond motifs is 1. The lowest BCUT2D eigenvalue weighted by Gasteiger charge is -2.36. The average Bonchev–Trinajstić information content (AvgIpc) is 2.96. The Kier molecular flexibility index (Phi) is 8.16. The van der Waals surface area contributed by atoms with Gasteiger partial charge in [0.15, 0.2) is 6.10 Å². The molecule has 1 atom stereocenters. The number of rotatable bonds is 7. The molecule has 3 aromatic carbocycles. The number of carbonyl (C=O) groups is 1. The first-order chi connectivity index (χ1) is 19.1. The van der Waals surface area contributed by atoms with E-state index >= 15 is 0 Å². The second kappa shape index (κ2) is 11.6. The number of sulfonamides is 1. The summed E-state index contributed by atoms with van der Waals surface area (Å²) in [6, 6.07) is 22.0. The second-order valence-electron chi connectivity index (χ2n) is 11.3. The van der Waals surface area contributed by atoms with Crippen LogP contribution in [-0.4, -0.2) is 58.2 Å². The zero-order valence-electron chi connectivity index (χ0n) is 23.3. The molecule has 2 aliphatic rings. The third-order valence-electron chi connectivity index (χ3n) is 7.32. The van der Waals surface area contributed by atoms with Gasteiger partial charge in [-0.15, -0.1) is 0 Å². The molecule has 212 valence electrons. The van der Waals surface area contributed by atoms with Crippen molar-refractivity contribution >= 4 is 21.6 Å². The zero-order chi connectivity index (χ0) is 28.3. The number of hydrogen-bond donors (Lipinski definition) is 1. The Labute approximate surface area is 236 Å². The SMILES string of the molecule is CC(C)(C)c1ccc2c(c1)N(S(=O)(=O)c1ccccc1)C[C@H](C(=O)NCc1ccc(CN3CCOCC3)cc1)O2. The maximum absolute atomic E-state index is 13.8. The summed E-state index contributed by atoms with van der Waals surface area (Å²) in [4.78, 5) is 15.8. The van der Waals surface area contributed by atoms with Crippen LogP contribution in [0.1, 0.15) is 37.5 Å². The fraction of sp³-hybridized carbons (Fsp3) is 0.387. The first-order valence-electron chi connectivity index (χ1n) is 13.7. The Morgan fingerprint density at radius 2 is 1.62 bits per heavy atom. The van der Waals surface area contributed by atoms with Crippen LogP contribution >= 0.6 is 0 Å². The Hall–Kier alpha value is -3.40. The van der Waals surface area contributed by atoms with Crippen LogP contribution in [0.15, 0.2) is 77.7 Å². The van der Waals surface area contributed by atoms with Gasteiger partial charge >= 0.3 is 0 Å². The van der Waals surface area contributed by atoms with E-state index in [9.17, 15) is 13.2 Å². The Morgan fingerprint density at radius 1 is 0.950 bits per heavy atom. The fourth-order valence-corrected chi connectivity index (χ4v) is 6.37. The molecule has 3 aromatic rings. The summed E-state index contributed by atoms with van der Waals surface area (Å²) < 4.78 is 40.3. The molecular formula is C31H37N3O5S. The first-order valence-corrected chi connectivity index (χ1v) is 15.1. The summed E-state index contributed by atoms with van der Waals surface area (Å²) in [5, 5.41) is 2.94. The number of hydrogen-bond acceptors (Lipinski definition) is 6. The lowest BCUT2D eigenvalue weighted by molar-refractivity contribution is -0.127. The third kappa shape index (κ3) is 6.32. The van der Waals surface area contributed by atoms with Gasteiger partial charge in [0.1, 0.15) is 5.75 Å².